The van der Waals surface area contributed by atoms with Gasteiger partial charge in [0.05, 0.1) is 0 Å². The van der Waals surface area contributed by atoms with Crippen molar-refractivity contribution >= 4 is 17.7 Å². The summed E-state index contributed by atoms with van der Waals surface area (Å²) in [4.78, 5) is 11.4. The lowest BCUT2D eigenvalue weighted by molar-refractivity contribution is -0.121. The molecule has 0 radical (unpaired) electrons. The second-order valence-electron chi connectivity index (χ2n) is 4.98. The number of thioether (sulfide) groups is 1. The zero-order valence-electron chi connectivity index (χ0n) is 10.0. The van der Waals surface area contributed by atoms with E-state index in [0.29, 0.717) is 6.42 Å². The molecule has 0 spiro atoms. The topological polar surface area (TPSA) is 29.1 Å². The van der Waals surface area contributed by atoms with Gasteiger partial charge in [-0.05, 0) is 25.0 Å². The normalized spacial score (nSPS) is 13.8. The summed E-state index contributed by atoms with van der Waals surface area (Å²) in [5.74, 6) is 1.09. The molecule has 2 nitrogen and oxygen atoms in total. The monoisotopic (exact) mass is 217 g/mol. The van der Waals surface area contributed by atoms with Crippen LogP contribution in [0.15, 0.2) is 0 Å². The minimum atomic E-state index is 0.177. The highest BCUT2D eigenvalue weighted by atomic mass is 32.2. The van der Waals surface area contributed by atoms with E-state index in [1.807, 2.05) is 6.26 Å². The van der Waals surface area contributed by atoms with Crippen molar-refractivity contribution in [3.05, 3.63) is 0 Å². The van der Waals surface area contributed by atoms with Gasteiger partial charge in [0.2, 0.25) is 5.91 Å². The molecule has 1 amide bonds. The molecular formula is C11H23NOS. The smallest absolute Gasteiger partial charge is 0.221 e. The van der Waals surface area contributed by atoms with Crippen LogP contribution in [0.4, 0.5) is 0 Å². The first kappa shape index (κ1) is 13.8. The van der Waals surface area contributed by atoms with E-state index in [2.05, 4.69) is 33.0 Å². The van der Waals surface area contributed by atoms with Crippen LogP contribution in [0.1, 0.15) is 40.5 Å². The Kier molecular flexibility index (Phi) is 6.25. The van der Waals surface area contributed by atoms with Gasteiger partial charge in [0.1, 0.15) is 0 Å². The van der Waals surface area contributed by atoms with Crippen molar-refractivity contribution in [2.75, 3.05) is 12.0 Å². The fraction of sp³-hybridized carbons (Fsp3) is 0.909. The van der Waals surface area contributed by atoms with Gasteiger partial charge in [0, 0.05) is 18.2 Å². The molecular weight excluding hydrogens is 194 g/mol. The molecule has 0 saturated carbocycles. The lowest BCUT2D eigenvalue weighted by Gasteiger charge is -2.23. The highest BCUT2D eigenvalue weighted by Crippen LogP contribution is 2.20. The van der Waals surface area contributed by atoms with Crippen LogP contribution in [-0.4, -0.2) is 24.0 Å². The molecule has 1 N–H and O–H groups in total. The average molecular weight is 217 g/mol. The van der Waals surface area contributed by atoms with E-state index in [9.17, 15) is 4.79 Å². The summed E-state index contributed by atoms with van der Waals surface area (Å²) in [5, 5.41) is 3.02. The Labute approximate surface area is 92.2 Å². The maximum absolute atomic E-state index is 11.4. The molecule has 0 fully saturated rings. The van der Waals surface area contributed by atoms with Crippen molar-refractivity contribution in [1.82, 2.24) is 5.32 Å². The Hall–Kier alpha value is -0.180. The van der Waals surface area contributed by atoms with Crippen LogP contribution in [0.25, 0.3) is 0 Å². The molecule has 1 unspecified atom stereocenters. The lowest BCUT2D eigenvalue weighted by atomic mass is 9.89. The fourth-order valence-corrected chi connectivity index (χ4v) is 1.90. The van der Waals surface area contributed by atoms with E-state index >= 15 is 0 Å². The first-order valence-electron chi connectivity index (χ1n) is 5.13. The fourth-order valence-electron chi connectivity index (χ4n) is 1.51. The third-order valence-corrected chi connectivity index (χ3v) is 2.47. The number of nitrogens with one attached hydrogen (secondary N) is 1. The maximum atomic E-state index is 11.4. The number of amides is 1. The number of carbonyl (C=O) groups excluding carboxylic acids is 1. The van der Waals surface area contributed by atoms with Crippen LogP contribution in [0.3, 0.4) is 0 Å². The molecule has 0 bridgehead atoms. The van der Waals surface area contributed by atoms with Crippen molar-refractivity contribution in [3.8, 4) is 0 Å². The lowest BCUT2D eigenvalue weighted by Crippen LogP contribution is -2.35. The maximum Gasteiger partial charge on any atom is 0.221 e. The van der Waals surface area contributed by atoms with E-state index in [-0.39, 0.29) is 17.4 Å². The Bertz CT molecular complexity index is 175. The second kappa shape index (κ2) is 6.33. The molecule has 0 aromatic carbocycles. The minimum Gasteiger partial charge on any atom is -0.354 e. The van der Waals surface area contributed by atoms with Crippen molar-refractivity contribution in [3.63, 3.8) is 0 Å². The van der Waals surface area contributed by atoms with Gasteiger partial charge < -0.3 is 5.32 Å². The minimum absolute atomic E-state index is 0.177. The van der Waals surface area contributed by atoms with Crippen LogP contribution in [0, 0.1) is 5.41 Å². The first-order chi connectivity index (χ1) is 6.35. The number of rotatable bonds is 5. The quantitative estimate of drug-likeness (QED) is 0.767. The predicted molar refractivity (Wildman–Crippen MR) is 64.7 cm³/mol. The summed E-state index contributed by atoms with van der Waals surface area (Å²) in [5.41, 5.74) is 0.284. The third-order valence-electron chi connectivity index (χ3n) is 1.86. The molecule has 0 rings (SSSR count). The number of carbonyl (C=O) groups is 1. The Morgan fingerprint density at radius 3 is 2.43 bits per heavy atom. The molecule has 0 aromatic heterocycles. The SMILES string of the molecule is CSCCC(=O)NC(C)CC(C)(C)C. The summed E-state index contributed by atoms with van der Waals surface area (Å²) in [6.07, 6.45) is 3.68. The summed E-state index contributed by atoms with van der Waals surface area (Å²) in [6.45, 7) is 8.65. The summed E-state index contributed by atoms with van der Waals surface area (Å²) in [7, 11) is 0. The zero-order valence-corrected chi connectivity index (χ0v) is 10.8. The molecule has 3 heteroatoms. The van der Waals surface area contributed by atoms with Gasteiger partial charge >= 0.3 is 0 Å². The van der Waals surface area contributed by atoms with Gasteiger partial charge in [-0.1, -0.05) is 20.8 Å². The number of hydrogen-bond acceptors (Lipinski definition) is 2. The highest BCUT2D eigenvalue weighted by molar-refractivity contribution is 7.98. The molecule has 0 saturated heterocycles. The largest absolute Gasteiger partial charge is 0.354 e. The summed E-state index contributed by atoms with van der Waals surface area (Å²) >= 11 is 1.71. The Balaban J connectivity index is 3.71. The van der Waals surface area contributed by atoms with E-state index in [0.717, 1.165) is 12.2 Å². The first-order valence-corrected chi connectivity index (χ1v) is 6.53. The predicted octanol–water partition coefficient (Wildman–Crippen LogP) is 2.68. The molecule has 1 atom stereocenters. The van der Waals surface area contributed by atoms with E-state index in [4.69, 9.17) is 0 Å². The van der Waals surface area contributed by atoms with Crippen molar-refractivity contribution < 1.29 is 4.79 Å². The standard InChI is InChI=1S/C11H23NOS/c1-9(8-11(2,3)4)12-10(13)6-7-14-5/h9H,6-8H2,1-5H3,(H,12,13). The van der Waals surface area contributed by atoms with Crippen LogP contribution < -0.4 is 5.32 Å². The van der Waals surface area contributed by atoms with Crippen molar-refractivity contribution in [2.24, 2.45) is 5.41 Å². The Morgan fingerprint density at radius 1 is 1.43 bits per heavy atom. The second-order valence-corrected chi connectivity index (χ2v) is 5.96. The van der Waals surface area contributed by atoms with Crippen LogP contribution in [0.2, 0.25) is 0 Å². The molecule has 14 heavy (non-hydrogen) atoms. The van der Waals surface area contributed by atoms with Gasteiger partial charge in [0.25, 0.3) is 0 Å². The van der Waals surface area contributed by atoms with Crippen LogP contribution in [0.5, 0.6) is 0 Å². The average Bonchev–Trinajstić information content (AvgIpc) is 1.96. The van der Waals surface area contributed by atoms with Crippen LogP contribution >= 0.6 is 11.8 Å². The van der Waals surface area contributed by atoms with Gasteiger partial charge in [-0.2, -0.15) is 11.8 Å². The molecule has 0 aromatic rings. The molecule has 0 aliphatic heterocycles. The molecule has 84 valence electrons. The van der Waals surface area contributed by atoms with Gasteiger partial charge in [0.15, 0.2) is 0 Å². The zero-order chi connectivity index (χ0) is 11.2. The van der Waals surface area contributed by atoms with Crippen molar-refractivity contribution in [2.45, 2.75) is 46.6 Å². The summed E-state index contributed by atoms with van der Waals surface area (Å²) < 4.78 is 0. The van der Waals surface area contributed by atoms with E-state index < -0.39 is 0 Å². The van der Waals surface area contributed by atoms with Crippen molar-refractivity contribution in [1.29, 1.82) is 0 Å². The molecule has 0 aliphatic rings. The Morgan fingerprint density at radius 2 is 2.00 bits per heavy atom. The highest BCUT2D eigenvalue weighted by Gasteiger charge is 2.16. The van der Waals surface area contributed by atoms with Crippen LogP contribution in [-0.2, 0) is 4.79 Å². The summed E-state index contributed by atoms with van der Waals surface area (Å²) in [6, 6.07) is 0.282. The number of hydrogen-bond donors (Lipinski definition) is 1. The molecule has 0 aliphatic carbocycles. The van der Waals surface area contributed by atoms with E-state index in [1.165, 1.54) is 0 Å². The van der Waals surface area contributed by atoms with Gasteiger partial charge in [-0.3, -0.25) is 4.79 Å². The van der Waals surface area contributed by atoms with Gasteiger partial charge in [-0.15, -0.1) is 0 Å². The van der Waals surface area contributed by atoms with E-state index in [1.54, 1.807) is 11.8 Å². The molecule has 0 heterocycles. The third kappa shape index (κ3) is 8.42. The van der Waals surface area contributed by atoms with Gasteiger partial charge in [-0.25, -0.2) is 0 Å².